The van der Waals surface area contributed by atoms with Crippen LogP contribution in [0.5, 0.6) is 0 Å². The molecule has 5 rings (SSSR count). The first-order valence-electron chi connectivity index (χ1n) is 10.8. The number of nitrogens with one attached hydrogen (secondary N) is 1. The minimum atomic E-state index is -5.78. The molecule has 2 aromatic heterocycles. The van der Waals surface area contributed by atoms with Crippen LogP contribution in [0.1, 0.15) is 41.7 Å². The van der Waals surface area contributed by atoms with Crippen LogP contribution in [0.15, 0.2) is 35.5 Å². The molecule has 35 heavy (non-hydrogen) atoms. The highest BCUT2D eigenvalue weighted by molar-refractivity contribution is 8.00. The molecule has 0 bridgehead atoms. The minimum Gasteiger partial charge on any atom is -0.349 e. The van der Waals surface area contributed by atoms with Crippen LogP contribution < -0.4 is 5.32 Å². The third-order valence-electron chi connectivity index (χ3n) is 5.69. The second kappa shape index (κ2) is 8.51. The largest absolute Gasteiger partial charge is 0.459 e. The lowest BCUT2D eigenvalue weighted by molar-refractivity contribution is -0.292. The van der Waals surface area contributed by atoms with E-state index < -0.39 is 17.8 Å². The highest BCUT2D eigenvalue weighted by Crippen LogP contribution is 2.51. The molecule has 2 heterocycles. The molecule has 0 spiro atoms. The Balaban J connectivity index is 1.53. The lowest BCUT2D eigenvalue weighted by atomic mass is 10.1. The summed E-state index contributed by atoms with van der Waals surface area (Å²) in [5.74, 6) is -5.41. The molecular formula is C22H19ClF5N5OS. The van der Waals surface area contributed by atoms with Crippen molar-refractivity contribution >= 4 is 29.3 Å². The van der Waals surface area contributed by atoms with Gasteiger partial charge in [-0.2, -0.15) is 32.1 Å². The van der Waals surface area contributed by atoms with Crippen LogP contribution in [0.4, 0.5) is 22.0 Å². The summed E-state index contributed by atoms with van der Waals surface area (Å²) in [6.07, 6.45) is 0.413. The van der Waals surface area contributed by atoms with Gasteiger partial charge < -0.3 is 5.32 Å². The average molecular weight is 532 g/mol. The van der Waals surface area contributed by atoms with E-state index in [1.54, 1.807) is 18.2 Å². The number of amides is 1. The van der Waals surface area contributed by atoms with Gasteiger partial charge in [0.25, 0.3) is 5.91 Å². The Bertz CT molecular complexity index is 1300. The van der Waals surface area contributed by atoms with Gasteiger partial charge in [-0.3, -0.25) is 4.79 Å². The topological polar surface area (TPSA) is 64.7 Å². The fourth-order valence-electron chi connectivity index (χ4n) is 3.51. The molecule has 1 aromatic carbocycles. The SMILES string of the molecule is Cn1nc(C(F)(F)C(F)(F)F)c(SC2CC2)c1-n1cc(-c2ccc(Cl)c(C(=O)NC3CC3)c2)cn1. The van der Waals surface area contributed by atoms with E-state index >= 15 is 0 Å². The van der Waals surface area contributed by atoms with Crippen molar-refractivity contribution in [1.29, 1.82) is 0 Å². The molecule has 0 aliphatic heterocycles. The Kier molecular flexibility index (Phi) is 5.86. The molecule has 0 saturated heterocycles. The van der Waals surface area contributed by atoms with Gasteiger partial charge in [-0.05, 0) is 43.4 Å². The molecule has 2 aliphatic carbocycles. The van der Waals surface area contributed by atoms with Gasteiger partial charge in [0.2, 0.25) is 0 Å². The van der Waals surface area contributed by atoms with Crippen molar-refractivity contribution in [1.82, 2.24) is 24.9 Å². The number of carbonyl (C=O) groups is 1. The van der Waals surface area contributed by atoms with E-state index in [-0.39, 0.29) is 38.5 Å². The number of hydrogen-bond acceptors (Lipinski definition) is 4. The summed E-state index contributed by atoms with van der Waals surface area (Å²) in [4.78, 5) is 12.3. The van der Waals surface area contributed by atoms with Gasteiger partial charge in [-0.15, -0.1) is 11.8 Å². The van der Waals surface area contributed by atoms with Gasteiger partial charge in [0.1, 0.15) is 0 Å². The monoisotopic (exact) mass is 531 g/mol. The predicted molar refractivity (Wildman–Crippen MR) is 120 cm³/mol. The van der Waals surface area contributed by atoms with Crippen molar-refractivity contribution in [3.8, 4) is 16.9 Å². The lowest BCUT2D eigenvalue weighted by Gasteiger charge is -2.18. The van der Waals surface area contributed by atoms with Crippen molar-refractivity contribution in [2.45, 2.75) is 54.0 Å². The predicted octanol–water partition coefficient (Wildman–Crippen LogP) is 5.73. The van der Waals surface area contributed by atoms with Crippen LogP contribution in [0.2, 0.25) is 5.02 Å². The zero-order valence-corrected chi connectivity index (χ0v) is 19.8. The maximum atomic E-state index is 14.3. The van der Waals surface area contributed by atoms with E-state index in [0.717, 1.165) is 42.1 Å². The van der Waals surface area contributed by atoms with Crippen LogP contribution in [0.25, 0.3) is 16.9 Å². The molecule has 13 heteroatoms. The van der Waals surface area contributed by atoms with Crippen LogP contribution in [-0.2, 0) is 13.0 Å². The summed E-state index contributed by atoms with van der Waals surface area (Å²) in [5, 5.41) is 10.9. The van der Waals surface area contributed by atoms with E-state index in [4.69, 9.17) is 11.6 Å². The van der Waals surface area contributed by atoms with Crippen LogP contribution in [0.3, 0.4) is 0 Å². The number of hydrogen-bond donors (Lipinski definition) is 1. The maximum Gasteiger partial charge on any atom is 0.459 e. The number of rotatable bonds is 7. The summed E-state index contributed by atoms with van der Waals surface area (Å²) < 4.78 is 70.4. The molecule has 2 fully saturated rings. The summed E-state index contributed by atoms with van der Waals surface area (Å²) in [6, 6.07) is 4.97. The second-order valence-electron chi connectivity index (χ2n) is 8.63. The second-order valence-corrected chi connectivity index (χ2v) is 10.3. The highest BCUT2D eigenvalue weighted by Gasteiger charge is 2.62. The molecule has 0 atom stereocenters. The minimum absolute atomic E-state index is 0.00717. The maximum absolute atomic E-state index is 14.3. The van der Waals surface area contributed by atoms with Crippen LogP contribution >= 0.6 is 23.4 Å². The first kappa shape index (κ1) is 24.1. The molecule has 1 N–H and O–H groups in total. The molecule has 0 radical (unpaired) electrons. The number of aryl methyl sites for hydroxylation is 1. The number of thioether (sulfide) groups is 1. The number of nitrogens with zero attached hydrogens (tertiary/aromatic N) is 4. The van der Waals surface area contributed by atoms with E-state index in [0.29, 0.717) is 11.1 Å². The molecule has 186 valence electrons. The van der Waals surface area contributed by atoms with Gasteiger partial charge in [0, 0.05) is 30.1 Å². The Morgan fingerprint density at radius 1 is 1.14 bits per heavy atom. The van der Waals surface area contributed by atoms with E-state index in [2.05, 4.69) is 15.5 Å². The molecule has 3 aromatic rings. The summed E-state index contributed by atoms with van der Waals surface area (Å²) in [6.45, 7) is 0. The third kappa shape index (κ3) is 4.65. The summed E-state index contributed by atoms with van der Waals surface area (Å²) in [5.41, 5.74) is 0.0549. The van der Waals surface area contributed by atoms with Crippen molar-refractivity contribution in [3.63, 3.8) is 0 Å². The summed E-state index contributed by atoms with van der Waals surface area (Å²) >= 11 is 7.15. The Morgan fingerprint density at radius 2 is 1.86 bits per heavy atom. The number of benzene rings is 1. The van der Waals surface area contributed by atoms with Gasteiger partial charge in [0.05, 0.1) is 21.7 Å². The van der Waals surface area contributed by atoms with Gasteiger partial charge >= 0.3 is 12.1 Å². The van der Waals surface area contributed by atoms with Crippen LogP contribution in [0, 0.1) is 0 Å². The van der Waals surface area contributed by atoms with Crippen molar-refractivity contribution in [3.05, 3.63) is 46.9 Å². The third-order valence-corrected chi connectivity index (χ3v) is 7.44. The zero-order chi connectivity index (χ0) is 25.1. The Hall–Kier alpha value is -2.60. The molecular weight excluding hydrogens is 513 g/mol. The van der Waals surface area contributed by atoms with Crippen molar-refractivity contribution < 1.29 is 26.7 Å². The van der Waals surface area contributed by atoms with Gasteiger partial charge in [0.15, 0.2) is 11.5 Å². The molecule has 0 unspecified atom stereocenters. The highest BCUT2D eigenvalue weighted by atomic mass is 35.5. The van der Waals surface area contributed by atoms with E-state index in [9.17, 15) is 26.7 Å². The molecule has 2 saturated carbocycles. The zero-order valence-electron chi connectivity index (χ0n) is 18.2. The standard InChI is InChI=1S/C22H19ClF5N5OS/c1-32-20(17(35-14-5-6-14)18(31-32)21(24,25)22(26,27)28)33-10-12(9-29-33)11-2-7-16(23)15(8-11)19(34)30-13-3-4-13/h2,7-10,13-14H,3-6H2,1H3,(H,30,34). The van der Waals surface area contributed by atoms with Gasteiger partial charge in [-0.1, -0.05) is 17.7 Å². The van der Waals surface area contributed by atoms with Crippen molar-refractivity contribution in [2.75, 3.05) is 0 Å². The quantitative estimate of drug-likeness (QED) is 0.396. The van der Waals surface area contributed by atoms with Gasteiger partial charge in [-0.25, -0.2) is 9.36 Å². The first-order chi connectivity index (χ1) is 16.5. The first-order valence-corrected chi connectivity index (χ1v) is 12.1. The number of alkyl halides is 5. The molecule has 1 amide bonds. The normalized spacial score (nSPS) is 16.5. The lowest BCUT2D eigenvalue weighted by Crippen LogP contribution is -2.34. The van der Waals surface area contributed by atoms with Crippen molar-refractivity contribution in [2.24, 2.45) is 7.05 Å². The average Bonchev–Trinajstić information content (AvgIpc) is 3.69. The number of halogens is 6. The fourth-order valence-corrected chi connectivity index (χ4v) is 5.03. The van der Waals surface area contributed by atoms with E-state index in [1.807, 2.05) is 0 Å². The summed E-state index contributed by atoms with van der Waals surface area (Å²) in [7, 11) is 1.30. The molecule has 6 nitrogen and oxygen atoms in total. The Labute approximate surface area is 205 Å². The number of aromatic nitrogens is 4. The number of carbonyl (C=O) groups excluding carboxylic acids is 1. The Morgan fingerprint density at radius 3 is 2.49 bits per heavy atom. The van der Waals surface area contributed by atoms with E-state index in [1.165, 1.54) is 24.1 Å². The smallest absolute Gasteiger partial charge is 0.349 e. The van der Waals surface area contributed by atoms with Crippen LogP contribution in [-0.4, -0.2) is 42.9 Å². The molecule has 2 aliphatic rings. The fraction of sp³-hybridized carbons (Fsp3) is 0.409.